The molecule has 0 bridgehead atoms. The van der Waals surface area contributed by atoms with Gasteiger partial charge in [-0.2, -0.15) is 0 Å². The number of carboxylic acid groups (broad SMARTS) is 2. The zero-order chi connectivity index (χ0) is 21.0. The molecule has 0 aliphatic rings. The van der Waals surface area contributed by atoms with Crippen LogP contribution in [0.5, 0.6) is 17.2 Å². The number of aromatic carboxylic acids is 2. The van der Waals surface area contributed by atoms with Gasteiger partial charge in [-0.15, -0.1) is 0 Å². The molecule has 31 heavy (non-hydrogen) atoms. The number of ether oxygens (including phenoxy) is 3. The summed E-state index contributed by atoms with van der Waals surface area (Å²) < 4.78 is 21.1. The Balaban J connectivity index is 0.00000240. The molecule has 0 saturated heterocycles. The number of pyridine rings is 1. The van der Waals surface area contributed by atoms with Crippen LogP contribution in [0.2, 0.25) is 0 Å². The number of carbonyl (C=O) groups excluding carboxylic acids is 2. The SMILES string of the molecule is COc1ccc2c(OCCOc3cc(C(=O)[O-])nc(C(=O)[O-])c3)cc(=O)oc2c1.[Na+].[Na+]. The van der Waals surface area contributed by atoms with Gasteiger partial charge in [0.25, 0.3) is 0 Å². The molecule has 0 spiro atoms. The Morgan fingerprint density at radius 1 is 0.935 bits per heavy atom. The summed E-state index contributed by atoms with van der Waals surface area (Å²) in [6.45, 7) is -0.116. The van der Waals surface area contributed by atoms with Crippen molar-refractivity contribution in [3.63, 3.8) is 0 Å². The number of benzene rings is 1. The second-order valence-corrected chi connectivity index (χ2v) is 5.64. The quantitative estimate of drug-likeness (QED) is 0.186. The van der Waals surface area contributed by atoms with Crippen molar-refractivity contribution in [3.8, 4) is 17.2 Å². The number of carboxylic acids is 2. The van der Waals surface area contributed by atoms with E-state index in [9.17, 15) is 24.6 Å². The Bertz CT molecular complexity index is 1110. The van der Waals surface area contributed by atoms with Crippen LogP contribution in [0, 0.1) is 0 Å². The second-order valence-electron chi connectivity index (χ2n) is 5.64. The zero-order valence-corrected chi connectivity index (χ0v) is 21.0. The van der Waals surface area contributed by atoms with E-state index in [2.05, 4.69) is 4.98 Å². The van der Waals surface area contributed by atoms with E-state index in [1.807, 2.05) is 0 Å². The minimum Gasteiger partial charge on any atom is -0.543 e. The molecule has 10 nitrogen and oxygen atoms in total. The Hall–Kier alpha value is -2.08. The van der Waals surface area contributed by atoms with E-state index < -0.39 is 29.0 Å². The van der Waals surface area contributed by atoms with Gasteiger partial charge in [0.15, 0.2) is 0 Å². The van der Waals surface area contributed by atoms with E-state index in [1.165, 1.54) is 13.2 Å². The third-order valence-electron chi connectivity index (χ3n) is 3.74. The maximum Gasteiger partial charge on any atom is 1.00 e. The minimum absolute atomic E-state index is 0. The van der Waals surface area contributed by atoms with Crippen LogP contribution in [0.4, 0.5) is 0 Å². The van der Waals surface area contributed by atoms with Crippen molar-refractivity contribution in [1.29, 1.82) is 0 Å². The number of rotatable bonds is 8. The van der Waals surface area contributed by atoms with Gasteiger partial charge in [0.1, 0.15) is 36.0 Å². The molecule has 12 heteroatoms. The summed E-state index contributed by atoms with van der Waals surface area (Å²) in [6, 6.07) is 8.07. The normalized spacial score (nSPS) is 9.84. The molecular formula is C19H13NNa2O9. The monoisotopic (exact) mass is 445 g/mol. The summed E-state index contributed by atoms with van der Waals surface area (Å²) in [5.74, 6) is -2.63. The molecule has 0 saturated carbocycles. The zero-order valence-electron chi connectivity index (χ0n) is 17.0. The number of methoxy groups -OCH3 is 1. The molecule has 2 aromatic heterocycles. The molecule has 0 fully saturated rings. The van der Waals surface area contributed by atoms with Crippen molar-refractivity contribution >= 4 is 22.9 Å². The van der Waals surface area contributed by atoms with Crippen LogP contribution in [0.15, 0.2) is 45.6 Å². The van der Waals surface area contributed by atoms with Crippen LogP contribution in [-0.2, 0) is 0 Å². The summed E-state index contributed by atoms with van der Waals surface area (Å²) >= 11 is 0. The number of nitrogens with zero attached hydrogens (tertiary/aromatic N) is 1. The van der Waals surface area contributed by atoms with Gasteiger partial charge < -0.3 is 38.4 Å². The third-order valence-corrected chi connectivity index (χ3v) is 3.74. The van der Waals surface area contributed by atoms with E-state index >= 15 is 0 Å². The first-order valence-electron chi connectivity index (χ1n) is 8.19. The Labute approximate surface area is 219 Å². The molecule has 0 aliphatic carbocycles. The van der Waals surface area contributed by atoms with Gasteiger partial charge in [0.05, 0.1) is 41.9 Å². The first-order valence-corrected chi connectivity index (χ1v) is 8.19. The molecule has 3 rings (SSSR count). The molecule has 0 atom stereocenters. The topological polar surface area (TPSA) is 151 Å². The number of hydrogen-bond acceptors (Lipinski definition) is 10. The Morgan fingerprint density at radius 2 is 1.55 bits per heavy atom. The molecule has 0 aliphatic heterocycles. The van der Waals surface area contributed by atoms with Crippen molar-refractivity contribution in [1.82, 2.24) is 4.98 Å². The molecule has 0 amide bonds. The van der Waals surface area contributed by atoms with Gasteiger partial charge in [-0.05, 0) is 12.1 Å². The number of carbonyl (C=O) groups is 2. The molecule has 2 heterocycles. The van der Waals surface area contributed by atoms with Gasteiger partial charge in [-0.3, -0.25) is 0 Å². The molecule has 0 unspecified atom stereocenters. The van der Waals surface area contributed by atoms with Crippen molar-refractivity contribution < 1.29 is 97.5 Å². The van der Waals surface area contributed by atoms with Crippen molar-refractivity contribution in [2.24, 2.45) is 0 Å². The Kier molecular flexibility index (Phi) is 10.5. The second kappa shape index (κ2) is 12.1. The van der Waals surface area contributed by atoms with Crippen molar-refractivity contribution in [2.45, 2.75) is 0 Å². The van der Waals surface area contributed by atoms with Gasteiger partial charge in [0.2, 0.25) is 0 Å². The van der Waals surface area contributed by atoms with E-state index in [1.54, 1.807) is 18.2 Å². The van der Waals surface area contributed by atoms with Crippen LogP contribution in [0.1, 0.15) is 21.0 Å². The maximum atomic E-state index is 11.7. The summed E-state index contributed by atoms with van der Waals surface area (Å²) in [6.07, 6.45) is 0. The van der Waals surface area contributed by atoms with Crippen LogP contribution in [0.3, 0.4) is 0 Å². The third kappa shape index (κ3) is 6.96. The fraction of sp³-hybridized carbons (Fsp3) is 0.158. The summed E-state index contributed by atoms with van der Waals surface area (Å²) in [5.41, 5.74) is -1.56. The number of fused-ring (bicyclic) bond motifs is 1. The van der Waals surface area contributed by atoms with Crippen LogP contribution < -0.4 is 89.2 Å². The van der Waals surface area contributed by atoms with Gasteiger partial charge >= 0.3 is 64.7 Å². The predicted octanol–water partition coefficient (Wildman–Crippen LogP) is -6.61. The minimum atomic E-state index is -1.66. The molecule has 1 aromatic carbocycles. The van der Waals surface area contributed by atoms with E-state index in [-0.39, 0.29) is 89.4 Å². The summed E-state index contributed by atoms with van der Waals surface area (Å²) in [4.78, 5) is 36.9. The fourth-order valence-corrected chi connectivity index (χ4v) is 2.47. The van der Waals surface area contributed by atoms with Gasteiger partial charge in [-0.1, -0.05) is 0 Å². The molecule has 3 aromatic rings. The standard InChI is InChI=1S/C19H15NO9.2Na/c1-26-10-2-3-12-15(9-17(21)29-16(12)8-10)28-5-4-27-11-6-13(18(22)23)20-14(7-11)19(24)25;;/h2-3,6-9H,4-5H2,1H3,(H,22,23)(H,24,25);;/q;2*+1/p-2. The van der Waals surface area contributed by atoms with E-state index in [0.29, 0.717) is 11.1 Å². The van der Waals surface area contributed by atoms with Crippen LogP contribution in [0.25, 0.3) is 11.0 Å². The first-order chi connectivity index (χ1) is 13.9. The molecule has 0 radical (unpaired) electrons. The molecule has 0 N–H and O–H groups in total. The van der Waals surface area contributed by atoms with Crippen molar-refractivity contribution in [3.05, 3.63) is 58.2 Å². The fourth-order valence-electron chi connectivity index (χ4n) is 2.47. The molecular weight excluding hydrogens is 432 g/mol. The maximum absolute atomic E-state index is 11.7. The smallest absolute Gasteiger partial charge is 0.543 e. The van der Waals surface area contributed by atoms with Gasteiger partial charge in [0, 0.05) is 18.2 Å². The van der Waals surface area contributed by atoms with Crippen LogP contribution >= 0.6 is 0 Å². The Morgan fingerprint density at radius 3 is 2.13 bits per heavy atom. The average molecular weight is 445 g/mol. The van der Waals surface area contributed by atoms with Crippen molar-refractivity contribution in [2.75, 3.05) is 20.3 Å². The van der Waals surface area contributed by atoms with Gasteiger partial charge in [-0.25, -0.2) is 9.78 Å². The van der Waals surface area contributed by atoms with E-state index in [0.717, 1.165) is 12.1 Å². The average Bonchev–Trinajstić information content (AvgIpc) is 2.70. The predicted molar refractivity (Wildman–Crippen MR) is 92.9 cm³/mol. The largest absolute Gasteiger partial charge is 1.00 e. The first kappa shape index (κ1) is 27.0. The summed E-state index contributed by atoms with van der Waals surface area (Å²) in [7, 11) is 1.48. The molecule has 150 valence electrons. The van der Waals surface area contributed by atoms with E-state index in [4.69, 9.17) is 18.6 Å². The summed E-state index contributed by atoms with van der Waals surface area (Å²) in [5, 5.41) is 22.4. The number of aromatic nitrogens is 1. The number of hydrogen-bond donors (Lipinski definition) is 0. The van der Waals surface area contributed by atoms with Crippen LogP contribution in [-0.4, -0.2) is 37.2 Å².